The van der Waals surface area contributed by atoms with Crippen molar-refractivity contribution in [2.75, 3.05) is 5.32 Å². The van der Waals surface area contributed by atoms with E-state index in [0.29, 0.717) is 11.4 Å². The first-order valence-corrected chi connectivity index (χ1v) is 8.39. The maximum atomic E-state index is 12.0. The van der Waals surface area contributed by atoms with E-state index < -0.39 is 0 Å². The first-order valence-electron chi connectivity index (χ1n) is 6.84. The van der Waals surface area contributed by atoms with Gasteiger partial charge in [-0.15, -0.1) is 11.3 Å². The molecule has 4 rings (SSSR count). The smallest absolute Gasteiger partial charge is 0.277 e. The molecule has 0 spiro atoms. The summed E-state index contributed by atoms with van der Waals surface area (Å²) in [5.41, 5.74) is 2.98. The first kappa shape index (κ1) is 14.0. The lowest BCUT2D eigenvalue weighted by Gasteiger charge is -2.04. The fourth-order valence-corrected chi connectivity index (χ4v) is 3.56. The van der Waals surface area contributed by atoms with Crippen molar-refractivity contribution in [2.24, 2.45) is 0 Å². The molecule has 0 aliphatic rings. The van der Waals surface area contributed by atoms with E-state index in [4.69, 9.17) is 0 Å². The predicted molar refractivity (Wildman–Crippen MR) is 92.9 cm³/mol. The van der Waals surface area contributed by atoms with Gasteiger partial charge in [-0.2, -0.15) is 8.75 Å². The molecule has 2 aromatic carbocycles. The van der Waals surface area contributed by atoms with Gasteiger partial charge in [0.15, 0.2) is 5.69 Å². The summed E-state index contributed by atoms with van der Waals surface area (Å²) in [6, 6.07) is 15.7. The number of para-hydroxylation sites is 1. The van der Waals surface area contributed by atoms with Crippen LogP contribution in [-0.2, 0) is 0 Å². The number of aromatic nitrogens is 3. The minimum absolute atomic E-state index is 0.264. The normalized spacial score (nSPS) is 10.8. The molecule has 0 bridgehead atoms. The number of carbonyl (C=O) groups excluding carboxylic acids is 1. The van der Waals surface area contributed by atoms with Crippen LogP contribution in [0.4, 0.5) is 5.69 Å². The molecule has 0 saturated carbocycles. The highest BCUT2D eigenvalue weighted by Crippen LogP contribution is 2.31. The summed E-state index contributed by atoms with van der Waals surface area (Å²) in [6.07, 6.45) is 1.46. The van der Waals surface area contributed by atoms with E-state index in [2.05, 4.69) is 25.1 Å². The van der Waals surface area contributed by atoms with E-state index in [-0.39, 0.29) is 5.91 Å². The fraction of sp³-hybridized carbons (Fsp3) is 0. The third-order valence-corrected chi connectivity index (χ3v) is 4.82. The molecule has 0 saturated heterocycles. The number of hydrogen-bond donors (Lipinski definition) is 1. The summed E-state index contributed by atoms with van der Waals surface area (Å²) in [5, 5.41) is 3.76. The van der Waals surface area contributed by atoms with Gasteiger partial charge in [-0.05, 0) is 24.3 Å². The second kappa shape index (κ2) is 5.86. The highest BCUT2D eigenvalue weighted by molar-refractivity contribution is 7.21. The lowest BCUT2D eigenvalue weighted by atomic mass is 10.2. The van der Waals surface area contributed by atoms with Gasteiger partial charge in [0.05, 0.1) is 28.1 Å². The van der Waals surface area contributed by atoms with Gasteiger partial charge in [-0.25, -0.2) is 4.98 Å². The molecule has 0 fully saturated rings. The van der Waals surface area contributed by atoms with Gasteiger partial charge in [0.2, 0.25) is 0 Å². The molecule has 23 heavy (non-hydrogen) atoms. The molecule has 1 N–H and O–H groups in total. The molecule has 0 atom stereocenters. The van der Waals surface area contributed by atoms with E-state index in [1.807, 2.05) is 42.5 Å². The lowest BCUT2D eigenvalue weighted by Crippen LogP contribution is -2.11. The molecule has 2 aromatic heterocycles. The van der Waals surface area contributed by atoms with Crippen molar-refractivity contribution in [3.8, 4) is 10.6 Å². The average Bonchev–Trinajstić information content (AvgIpc) is 3.24. The highest BCUT2D eigenvalue weighted by Gasteiger charge is 2.11. The molecule has 5 nitrogen and oxygen atoms in total. The number of anilines is 1. The zero-order valence-electron chi connectivity index (χ0n) is 11.8. The van der Waals surface area contributed by atoms with Gasteiger partial charge in [-0.1, -0.05) is 24.3 Å². The van der Waals surface area contributed by atoms with Crippen molar-refractivity contribution in [3.63, 3.8) is 0 Å². The molecule has 0 radical (unpaired) electrons. The Kier molecular flexibility index (Phi) is 3.57. The van der Waals surface area contributed by atoms with Gasteiger partial charge in [0.1, 0.15) is 5.01 Å². The highest BCUT2D eigenvalue weighted by atomic mass is 32.1. The number of amides is 1. The minimum atomic E-state index is -0.264. The van der Waals surface area contributed by atoms with Gasteiger partial charge in [0.25, 0.3) is 5.91 Å². The largest absolute Gasteiger partial charge is 0.321 e. The minimum Gasteiger partial charge on any atom is -0.321 e. The second-order valence-corrected chi connectivity index (χ2v) is 6.40. The quantitative estimate of drug-likeness (QED) is 0.611. The Morgan fingerprint density at radius 2 is 2.00 bits per heavy atom. The predicted octanol–water partition coefficient (Wildman–Crippen LogP) is 4.07. The zero-order valence-corrected chi connectivity index (χ0v) is 13.4. The molecule has 112 valence electrons. The average molecular weight is 338 g/mol. The van der Waals surface area contributed by atoms with Crippen molar-refractivity contribution < 1.29 is 4.79 Å². The SMILES string of the molecule is O=C(Nc1cccc(-c2nc3ccccc3s2)c1)c1cnsn1. The molecular formula is C16H10N4OS2. The van der Waals surface area contributed by atoms with Gasteiger partial charge in [0, 0.05) is 11.3 Å². The number of benzene rings is 2. The fourth-order valence-electron chi connectivity index (χ4n) is 2.19. The van der Waals surface area contributed by atoms with Crippen LogP contribution in [0.25, 0.3) is 20.8 Å². The zero-order chi connectivity index (χ0) is 15.6. The van der Waals surface area contributed by atoms with Crippen molar-refractivity contribution in [1.29, 1.82) is 0 Å². The van der Waals surface area contributed by atoms with Crippen LogP contribution in [0, 0.1) is 0 Å². The summed E-state index contributed by atoms with van der Waals surface area (Å²) in [7, 11) is 0. The van der Waals surface area contributed by atoms with E-state index >= 15 is 0 Å². The van der Waals surface area contributed by atoms with Gasteiger partial charge < -0.3 is 5.32 Å². The van der Waals surface area contributed by atoms with Crippen LogP contribution in [0.2, 0.25) is 0 Å². The van der Waals surface area contributed by atoms with E-state index in [1.165, 1.54) is 6.20 Å². The van der Waals surface area contributed by atoms with Crippen LogP contribution < -0.4 is 5.32 Å². The number of nitrogens with one attached hydrogen (secondary N) is 1. The molecule has 0 unspecified atom stereocenters. The number of carbonyl (C=O) groups is 1. The maximum absolute atomic E-state index is 12.0. The maximum Gasteiger partial charge on any atom is 0.277 e. The number of hydrogen-bond acceptors (Lipinski definition) is 6. The second-order valence-electron chi connectivity index (χ2n) is 4.81. The Morgan fingerprint density at radius 3 is 2.83 bits per heavy atom. The van der Waals surface area contributed by atoms with Crippen molar-refractivity contribution in [3.05, 3.63) is 60.4 Å². The van der Waals surface area contributed by atoms with E-state index in [9.17, 15) is 4.79 Å². The molecular weight excluding hydrogens is 328 g/mol. The molecule has 4 aromatic rings. The Morgan fingerprint density at radius 1 is 1.09 bits per heavy atom. The topological polar surface area (TPSA) is 67.8 Å². The Bertz CT molecular complexity index is 946. The van der Waals surface area contributed by atoms with Crippen LogP contribution in [0.3, 0.4) is 0 Å². The van der Waals surface area contributed by atoms with E-state index in [0.717, 1.165) is 32.5 Å². The van der Waals surface area contributed by atoms with Crippen molar-refractivity contribution in [2.45, 2.75) is 0 Å². The molecule has 7 heteroatoms. The first-order chi connectivity index (χ1) is 11.3. The van der Waals surface area contributed by atoms with Gasteiger partial charge in [-0.3, -0.25) is 4.79 Å². The van der Waals surface area contributed by atoms with Crippen LogP contribution >= 0.6 is 23.1 Å². The lowest BCUT2D eigenvalue weighted by molar-refractivity contribution is 0.102. The Labute approximate surface area is 140 Å². The number of fused-ring (bicyclic) bond motifs is 1. The van der Waals surface area contributed by atoms with Crippen molar-refractivity contribution >= 4 is 44.9 Å². The van der Waals surface area contributed by atoms with Gasteiger partial charge >= 0.3 is 0 Å². The summed E-state index contributed by atoms with van der Waals surface area (Å²) in [6.45, 7) is 0. The van der Waals surface area contributed by atoms with Crippen LogP contribution in [0.5, 0.6) is 0 Å². The third-order valence-electron chi connectivity index (χ3n) is 3.26. The third kappa shape index (κ3) is 2.84. The molecule has 1 amide bonds. The van der Waals surface area contributed by atoms with E-state index in [1.54, 1.807) is 11.3 Å². The number of thiazole rings is 1. The Hall–Kier alpha value is -2.64. The summed E-state index contributed by atoms with van der Waals surface area (Å²) >= 11 is 2.64. The summed E-state index contributed by atoms with van der Waals surface area (Å²) in [4.78, 5) is 16.7. The van der Waals surface area contributed by atoms with Crippen LogP contribution in [0.1, 0.15) is 10.5 Å². The molecule has 0 aliphatic carbocycles. The molecule has 0 aliphatic heterocycles. The van der Waals surface area contributed by atoms with Crippen LogP contribution in [0.15, 0.2) is 54.7 Å². The van der Waals surface area contributed by atoms with Crippen LogP contribution in [-0.4, -0.2) is 19.6 Å². The summed E-state index contributed by atoms with van der Waals surface area (Å²) < 4.78 is 8.91. The monoisotopic (exact) mass is 338 g/mol. The van der Waals surface area contributed by atoms with Crippen molar-refractivity contribution in [1.82, 2.24) is 13.7 Å². The number of nitrogens with zero attached hydrogens (tertiary/aromatic N) is 3. The molecule has 2 heterocycles. The Balaban J connectivity index is 1.64. The standard InChI is InChI=1S/C16H10N4OS2/c21-15(13-9-17-23-20-13)18-11-5-3-4-10(8-11)16-19-12-6-1-2-7-14(12)22-16/h1-9H,(H,18,21). The number of rotatable bonds is 3. The summed E-state index contributed by atoms with van der Waals surface area (Å²) in [5.74, 6) is -0.264.